The normalized spacial score (nSPS) is 11.6. The van der Waals surface area contributed by atoms with Crippen LogP contribution in [-0.2, 0) is 0 Å². The first kappa shape index (κ1) is 28.6. The molecule has 0 fully saturated rings. The second kappa shape index (κ2) is 11.6. The van der Waals surface area contributed by atoms with Crippen molar-refractivity contribution in [3.63, 3.8) is 0 Å². The number of para-hydroxylation sites is 2. The summed E-state index contributed by atoms with van der Waals surface area (Å²) in [6.45, 7) is 0. The van der Waals surface area contributed by atoms with Crippen LogP contribution in [0.5, 0.6) is 0 Å². The SMILES string of the molecule is c1ccc(-c2nc(-c3ccccc3)nc(-c3cccc4c3sc3c(-c5ccc6c(c5)c5ccccc5n6-c5ccccc5)cccc34)n2)cc1. The standard InChI is InChI=1S/C45H28N4S/c1-4-14-29(15-5-1)43-46-44(30-16-6-2-7-17-30)48-45(47-43)37-24-13-23-36-35-22-12-21-33(41(35)50-42(36)37)31-26-27-40-38(28-31)34-20-10-11-25-39(34)49(40)32-18-8-3-9-19-32/h1-28H. The van der Waals surface area contributed by atoms with Crippen molar-refractivity contribution >= 4 is 53.3 Å². The number of thiophene rings is 1. The van der Waals surface area contributed by atoms with E-state index in [2.05, 4.69) is 114 Å². The summed E-state index contributed by atoms with van der Waals surface area (Å²) in [7, 11) is 0. The Morgan fingerprint density at radius 2 is 0.880 bits per heavy atom. The predicted octanol–water partition coefficient (Wildman–Crippen LogP) is 12.0. The van der Waals surface area contributed by atoms with Gasteiger partial charge in [-0.25, -0.2) is 15.0 Å². The van der Waals surface area contributed by atoms with Crippen LogP contribution < -0.4 is 0 Å². The van der Waals surface area contributed by atoms with E-state index in [0.29, 0.717) is 17.5 Å². The van der Waals surface area contributed by atoms with Gasteiger partial charge in [0.05, 0.1) is 11.0 Å². The van der Waals surface area contributed by atoms with Gasteiger partial charge in [0.25, 0.3) is 0 Å². The van der Waals surface area contributed by atoms with Crippen molar-refractivity contribution in [2.24, 2.45) is 0 Å². The zero-order valence-electron chi connectivity index (χ0n) is 26.9. The number of hydrogen-bond donors (Lipinski definition) is 0. The number of rotatable bonds is 5. The van der Waals surface area contributed by atoms with Gasteiger partial charge in [-0.2, -0.15) is 0 Å². The molecule has 0 aliphatic heterocycles. The number of benzene rings is 7. The summed E-state index contributed by atoms with van der Waals surface area (Å²) in [4.78, 5) is 15.1. The quantitative estimate of drug-likeness (QED) is 0.185. The first-order valence-electron chi connectivity index (χ1n) is 16.7. The van der Waals surface area contributed by atoms with Crippen molar-refractivity contribution in [1.82, 2.24) is 19.5 Å². The lowest BCUT2D eigenvalue weighted by Crippen LogP contribution is -2.00. The van der Waals surface area contributed by atoms with Gasteiger partial charge in [-0.15, -0.1) is 11.3 Å². The lowest BCUT2D eigenvalue weighted by Gasteiger charge is -2.09. The molecule has 3 aromatic heterocycles. The largest absolute Gasteiger partial charge is 0.309 e. The van der Waals surface area contributed by atoms with Crippen LogP contribution >= 0.6 is 11.3 Å². The Bertz CT molecular complexity index is 2800. The monoisotopic (exact) mass is 656 g/mol. The van der Waals surface area contributed by atoms with Crippen LogP contribution in [0.4, 0.5) is 0 Å². The average Bonchev–Trinajstić information content (AvgIpc) is 3.74. The number of hydrogen-bond acceptors (Lipinski definition) is 4. The summed E-state index contributed by atoms with van der Waals surface area (Å²) in [5.41, 5.74) is 8.92. The van der Waals surface area contributed by atoms with Gasteiger partial charge in [0.1, 0.15) is 0 Å². The number of nitrogens with zero attached hydrogens (tertiary/aromatic N) is 4. The van der Waals surface area contributed by atoms with Crippen LogP contribution in [-0.4, -0.2) is 19.5 Å². The molecule has 0 N–H and O–H groups in total. The maximum Gasteiger partial charge on any atom is 0.165 e. The fourth-order valence-corrected chi connectivity index (χ4v) is 8.49. The summed E-state index contributed by atoms with van der Waals surface area (Å²) < 4.78 is 4.78. The van der Waals surface area contributed by atoms with Gasteiger partial charge < -0.3 is 4.57 Å². The maximum absolute atomic E-state index is 5.07. The molecule has 234 valence electrons. The lowest BCUT2D eigenvalue weighted by atomic mass is 10.00. The molecule has 50 heavy (non-hydrogen) atoms. The minimum absolute atomic E-state index is 0.663. The minimum Gasteiger partial charge on any atom is -0.309 e. The molecule has 3 heterocycles. The summed E-state index contributed by atoms with van der Waals surface area (Å²) in [6.07, 6.45) is 0. The first-order chi connectivity index (χ1) is 24.8. The molecule has 7 aromatic carbocycles. The molecular formula is C45H28N4S. The van der Waals surface area contributed by atoms with Gasteiger partial charge in [-0.05, 0) is 47.5 Å². The first-order valence-corrected chi connectivity index (χ1v) is 17.5. The van der Waals surface area contributed by atoms with Crippen molar-refractivity contribution in [2.45, 2.75) is 0 Å². The van der Waals surface area contributed by atoms with E-state index in [0.717, 1.165) is 22.4 Å². The van der Waals surface area contributed by atoms with Crippen molar-refractivity contribution in [3.8, 4) is 51.0 Å². The molecule has 0 spiro atoms. The van der Waals surface area contributed by atoms with Crippen LogP contribution in [0.2, 0.25) is 0 Å². The van der Waals surface area contributed by atoms with E-state index in [1.165, 1.54) is 53.1 Å². The second-order valence-electron chi connectivity index (χ2n) is 12.4. The van der Waals surface area contributed by atoms with Gasteiger partial charge in [-0.3, -0.25) is 0 Å². The highest BCUT2D eigenvalue weighted by atomic mass is 32.1. The van der Waals surface area contributed by atoms with Gasteiger partial charge in [0.2, 0.25) is 0 Å². The fourth-order valence-electron chi connectivity index (χ4n) is 7.15. The Labute approximate surface area is 292 Å². The molecule has 0 bridgehead atoms. The summed E-state index contributed by atoms with van der Waals surface area (Å²) in [5, 5.41) is 4.93. The third kappa shape index (κ3) is 4.63. The third-order valence-corrected chi connectivity index (χ3v) is 10.8. The Morgan fingerprint density at radius 3 is 1.56 bits per heavy atom. The lowest BCUT2D eigenvalue weighted by molar-refractivity contribution is 1.08. The van der Waals surface area contributed by atoms with E-state index < -0.39 is 0 Å². The molecule has 5 heteroatoms. The molecule has 0 saturated carbocycles. The molecule has 0 radical (unpaired) electrons. The molecule has 10 aromatic rings. The molecule has 0 unspecified atom stereocenters. The van der Waals surface area contributed by atoms with Gasteiger partial charge in [-0.1, -0.05) is 133 Å². The molecule has 0 aliphatic rings. The Kier molecular flexibility index (Phi) is 6.64. The molecule has 0 amide bonds. The van der Waals surface area contributed by atoms with Gasteiger partial charge >= 0.3 is 0 Å². The van der Waals surface area contributed by atoms with Crippen molar-refractivity contribution in [3.05, 3.63) is 170 Å². The van der Waals surface area contributed by atoms with Crippen molar-refractivity contribution in [2.75, 3.05) is 0 Å². The molecule has 10 rings (SSSR count). The summed E-state index contributed by atoms with van der Waals surface area (Å²) >= 11 is 1.81. The highest BCUT2D eigenvalue weighted by Crippen LogP contribution is 2.44. The fraction of sp³-hybridized carbons (Fsp3) is 0. The highest BCUT2D eigenvalue weighted by Gasteiger charge is 2.19. The molecule has 4 nitrogen and oxygen atoms in total. The maximum atomic E-state index is 5.07. The van der Waals surface area contributed by atoms with E-state index >= 15 is 0 Å². The van der Waals surface area contributed by atoms with Crippen LogP contribution in [0.1, 0.15) is 0 Å². The summed E-state index contributed by atoms with van der Waals surface area (Å²) in [6, 6.07) is 59.7. The number of aromatic nitrogens is 4. The second-order valence-corrected chi connectivity index (χ2v) is 13.4. The molecule has 0 aliphatic carbocycles. The molecule has 0 saturated heterocycles. The zero-order valence-corrected chi connectivity index (χ0v) is 27.7. The van der Waals surface area contributed by atoms with Crippen LogP contribution in [0.3, 0.4) is 0 Å². The molecule has 0 atom stereocenters. The van der Waals surface area contributed by atoms with E-state index in [1.54, 1.807) is 0 Å². The predicted molar refractivity (Wildman–Crippen MR) is 209 cm³/mol. The third-order valence-electron chi connectivity index (χ3n) is 9.46. The Morgan fingerprint density at radius 1 is 0.360 bits per heavy atom. The molecular weight excluding hydrogens is 629 g/mol. The van der Waals surface area contributed by atoms with E-state index in [9.17, 15) is 0 Å². The van der Waals surface area contributed by atoms with Crippen LogP contribution in [0, 0.1) is 0 Å². The van der Waals surface area contributed by atoms with Crippen LogP contribution in [0.25, 0.3) is 93.0 Å². The van der Waals surface area contributed by atoms with E-state index in [1.807, 2.05) is 72.0 Å². The summed E-state index contributed by atoms with van der Waals surface area (Å²) in [5.74, 6) is 2.00. The minimum atomic E-state index is 0.663. The smallest absolute Gasteiger partial charge is 0.165 e. The topological polar surface area (TPSA) is 43.6 Å². The Balaban J connectivity index is 1.17. The number of fused-ring (bicyclic) bond motifs is 6. The zero-order chi connectivity index (χ0) is 33.0. The Hall–Kier alpha value is -6.43. The van der Waals surface area contributed by atoms with Gasteiger partial charge in [0.15, 0.2) is 17.5 Å². The van der Waals surface area contributed by atoms with Gasteiger partial charge in [0, 0.05) is 53.3 Å². The van der Waals surface area contributed by atoms with Crippen LogP contribution in [0.15, 0.2) is 170 Å². The van der Waals surface area contributed by atoms with Crippen molar-refractivity contribution < 1.29 is 0 Å². The average molecular weight is 657 g/mol. The highest BCUT2D eigenvalue weighted by molar-refractivity contribution is 7.26. The van der Waals surface area contributed by atoms with E-state index in [4.69, 9.17) is 15.0 Å². The van der Waals surface area contributed by atoms with Crippen molar-refractivity contribution in [1.29, 1.82) is 0 Å². The van der Waals surface area contributed by atoms with E-state index in [-0.39, 0.29) is 0 Å².